The van der Waals surface area contributed by atoms with Crippen molar-refractivity contribution in [3.63, 3.8) is 0 Å². The van der Waals surface area contributed by atoms with E-state index in [0.717, 1.165) is 5.56 Å². The van der Waals surface area contributed by atoms with Gasteiger partial charge in [0.25, 0.3) is 5.91 Å². The van der Waals surface area contributed by atoms with Crippen LogP contribution in [0.3, 0.4) is 0 Å². The highest BCUT2D eigenvalue weighted by atomic mass is 35.5. The summed E-state index contributed by atoms with van der Waals surface area (Å²) in [6.07, 6.45) is 0.612. The fourth-order valence-corrected chi connectivity index (χ4v) is 2.67. The molecule has 1 amide bonds. The third-order valence-electron chi connectivity index (χ3n) is 3.74. The number of benzene rings is 2. The molecule has 2 rings (SSSR count). The van der Waals surface area contributed by atoms with E-state index >= 15 is 0 Å². The van der Waals surface area contributed by atoms with Crippen LogP contribution in [0.2, 0.25) is 5.02 Å². The smallest absolute Gasteiger partial charge is 0.338 e. The number of nitrogens with one attached hydrogen (secondary N) is 1. The largest absolute Gasteiger partial charge is 0.490 e. The van der Waals surface area contributed by atoms with E-state index in [1.54, 1.807) is 18.2 Å². The van der Waals surface area contributed by atoms with E-state index in [9.17, 15) is 9.59 Å². The van der Waals surface area contributed by atoms with Gasteiger partial charge in [-0.2, -0.15) is 0 Å². The summed E-state index contributed by atoms with van der Waals surface area (Å²) in [4.78, 5) is 23.8. The molecule has 2 aromatic carbocycles. The molecular weight excluding hydrogens is 382 g/mol. The summed E-state index contributed by atoms with van der Waals surface area (Å²) in [5, 5.41) is 3.16. The Labute approximate surface area is 169 Å². The summed E-state index contributed by atoms with van der Waals surface area (Å²) in [5.74, 6) is 0.422. The lowest BCUT2D eigenvalue weighted by atomic mass is 10.1. The minimum atomic E-state index is -0.592. The van der Waals surface area contributed by atoms with E-state index in [1.165, 1.54) is 6.07 Å². The lowest BCUT2D eigenvalue weighted by Gasteiger charge is -2.12. The Kier molecular flexibility index (Phi) is 8.62. The first kappa shape index (κ1) is 21.6. The van der Waals surface area contributed by atoms with Crippen LogP contribution in [0.15, 0.2) is 42.5 Å². The monoisotopic (exact) mass is 405 g/mol. The summed E-state index contributed by atoms with van der Waals surface area (Å²) in [5.41, 5.74) is 1.31. The standard InChI is InChI=1S/C21H24ClNO5/c1-3-26-18-9-8-15(12-19(18)27-4-2)10-11-23-20(24)14-28-21(25)16-6-5-7-17(22)13-16/h5-9,12-13H,3-4,10-11,14H2,1-2H3,(H,23,24). The molecule has 0 spiro atoms. The van der Waals surface area contributed by atoms with Crippen molar-refractivity contribution >= 4 is 23.5 Å². The van der Waals surface area contributed by atoms with Gasteiger partial charge in [-0.15, -0.1) is 0 Å². The van der Waals surface area contributed by atoms with E-state index in [2.05, 4.69) is 5.32 Å². The van der Waals surface area contributed by atoms with Crippen LogP contribution in [0.25, 0.3) is 0 Å². The average molecular weight is 406 g/mol. The highest BCUT2D eigenvalue weighted by molar-refractivity contribution is 6.30. The van der Waals surface area contributed by atoms with E-state index in [-0.39, 0.29) is 12.5 Å². The molecule has 0 radical (unpaired) electrons. The number of hydrogen-bond acceptors (Lipinski definition) is 5. The van der Waals surface area contributed by atoms with E-state index in [0.29, 0.717) is 48.3 Å². The molecule has 0 heterocycles. The zero-order valence-electron chi connectivity index (χ0n) is 16.0. The highest BCUT2D eigenvalue weighted by Gasteiger charge is 2.11. The maximum atomic E-state index is 11.9. The van der Waals surface area contributed by atoms with Gasteiger partial charge in [0.1, 0.15) is 0 Å². The Hall–Kier alpha value is -2.73. The van der Waals surface area contributed by atoms with Gasteiger partial charge in [0.2, 0.25) is 0 Å². The second-order valence-electron chi connectivity index (χ2n) is 5.83. The van der Waals surface area contributed by atoms with Crippen LogP contribution < -0.4 is 14.8 Å². The van der Waals surface area contributed by atoms with Crippen LogP contribution in [0.5, 0.6) is 11.5 Å². The maximum Gasteiger partial charge on any atom is 0.338 e. The van der Waals surface area contributed by atoms with Gasteiger partial charge < -0.3 is 19.5 Å². The molecule has 28 heavy (non-hydrogen) atoms. The van der Waals surface area contributed by atoms with E-state index < -0.39 is 5.97 Å². The van der Waals surface area contributed by atoms with Crippen LogP contribution in [0, 0.1) is 0 Å². The van der Waals surface area contributed by atoms with Crippen LogP contribution in [-0.2, 0) is 16.0 Å². The molecule has 0 saturated heterocycles. The van der Waals surface area contributed by atoms with Gasteiger partial charge in [-0.1, -0.05) is 23.7 Å². The summed E-state index contributed by atoms with van der Waals surface area (Å²) in [6.45, 7) is 4.99. The Morgan fingerprint density at radius 3 is 2.46 bits per heavy atom. The molecule has 7 heteroatoms. The highest BCUT2D eigenvalue weighted by Crippen LogP contribution is 2.28. The number of carbonyl (C=O) groups excluding carboxylic acids is 2. The second-order valence-corrected chi connectivity index (χ2v) is 6.27. The molecular formula is C21H24ClNO5. The zero-order valence-corrected chi connectivity index (χ0v) is 16.8. The molecule has 0 bridgehead atoms. The Bertz CT molecular complexity index is 809. The molecule has 0 atom stereocenters. The lowest BCUT2D eigenvalue weighted by molar-refractivity contribution is -0.124. The van der Waals surface area contributed by atoms with Crippen molar-refractivity contribution in [2.24, 2.45) is 0 Å². The molecule has 2 aromatic rings. The SMILES string of the molecule is CCOc1ccc(CCNC(=O)COC(=O)c2cccc(Cl)c2)cc1OCC. The Morgan fingerprint density at radius 2 is 1.75 bits per heavy atom. The fraction of sp³-hybridized carbons (Fsp3) is 0.333. The molecule has 0 saturated carbocycles. The van der Waals surface area contributed by atoms with Gasteiger partial charge in [-0.3, -0.25) is 4.79 Å². The first-order valence-electron chi connectivity index (χ1n) is 9.11. The molecule has 6 nitrogen and oxygen atoms in total. The van der Waals surface area contributed by atoms with Gasteiger partial charge in [-0.25, -0.2) is 4.79 Å². The molecule has 150 valence electrons. The molecule has 0 fully saturated rings. The van der Waals surface area contributed by atoms with E-state index in [4.69, 9.17) is 25.8 Å². The summed E-state index contributed by atoms with van der Waals surface area (Å²) >= 11 is 5.83. The summed E-state index contributed by atoms with van der Waals surface area (Å²) < 4.78 is 16.1. The number of esters is 1. The number of carbonyl (C=O) groups is 2. The molecule has 0 unspecified atom stereocenters. The van der Waals surface area contributed by atoms with Crippen molar-refractivity contribution in [1.29, 1.82) is 0 Å². The first-order chi connectivity index (χ1) is 13.5. The summed E-state index contributed by atoms with van der Waals surface area (Å²) in [7, 11) is 0. The van der Waals surface area contributed by atoms with Gasteiger partial charge in [-0.05, 0) is 56.2 Å². The predicted molar refractivity (Wildman–Crippen MR) is 107 cm³/mol. The van der Waals surface area contributed by atoms with Crippen molar-refractivity contribution < 1.29 is 23.8 Å². The number of halogens is 1. The van der Waals surface area contributed by atoms with E-state index in [1.807, 2.05) is 32.0 Å². The van der Waals surface area contributed by atoms with Gasteiger partial charge in [0, 0.05) is 11.6 Å². The third-order valence-corrected chi connectivity index (χ3v) is 3.97. The third kappa shape index (κ3) is 6.78. The molecule has 0 aromatic heterocycles. The Morgan fingerprint density at radius 1 is 1.00 bits per heavy atom. The van der Waals surface area contributed by atoms with Crippen LogP contribution in [0.4, 0.5) is 0 Å². The van der Waals surface area contributed by atoms with Crippen molar-refractivity contribution in [3.8, 4) is 11.5 Å². The van der Waals surface area contributed by atoms with Crippen molar-refractivity contribution in [3.05, 3.63) is 58.6 Å². The number of rotatable bonds is 10. The second kappa shape index (κ2) is 11.2. The van der Waals surface area contributed by atoms with Crippen LogP contribution >= 0.6 is 11.6 Å². The van der Waals surface area contributed by atoms with Crippen LogP contribution in [0.1, 0.15) is 29.8 Å². The maximum absolute atomic E-state index is 11.9. The Balaban J connectivity index is 1.78. The molecule has 0 aliphatic rings. The molecule has 1 N–H and O–H groups in total. The topological polar surface area (TPSA) is 73.9 Å². The fourth-order valence-electron chi connectivity index (χ4n) is 2.48. The quantitative estimate of drug-likeness (QED) is 0.611. The molecule has 0 aliphatic carbocycles. The van der Waals surface area contributed by atoms with Crippen molar-refractivity contribution in [1.82, 2.24) is 5.32 Å². The minimum absolute atomic E-state index is 0.304. The lowest BCUT2D eigenvalue weighted by Crippen LogP contribution is -2.30. The number of hydrogen-bond donors (Lipinski definition) is 1. The van der Waals surface area contributed by atoms with Crippen molar-refractivity contribution in [2.45, 2.75) is 20.3 Å². The van der Waals surface area contributed by atoms with Gasteiger partial charge in [0.15, 0.2) is 18.1 Å². The predicted octanol–water partition coefficient (Wildman–Crippen LogP) is 3.65. The van der Waals surface area contributed by atoms with Gasteiger partial charge in [0.05, 0.1) is 18.8 Å². The summed E-state index contributed by atoms with van der Waals surface area (Å²) in [6, 6.07) is 12.1. The van der Waals surface area contributed by atoms with Crippen LogP contribution in [-0.4, -0.2) is 38.2 Å². The average Bonchev–Trinajstić information content (AvgIpc) is 2.68. The number of ether oxygens (including phenoxy) is 3. The number of amides is 1. The minimum Gasteiger partial charge on any atom is -0.490 e. The van der Waals surface area contributed by atoms with Gasteiger partial charge >= 0.3 is 5.97 Å². The zero-order chi connectivity index (χ0) is 20.4. The van der Waals surface area contributed by atoms with Crippen molar-refractivity contribution in [2.75, 3.05) is 26.4 Å². The first-order valence-corrected chi connectivity index (χ1v) is 9.49. The molecule has 0 aliphatic heterocycles. The normalized spacial score (nSPS) is 10.2.